The van der Waals surface area contributed by atoms with E-state index >= 15 is 0 Å². The van der Waals surface area contributed by atoms with Gasteiger partial charge in [0.25, 0.3) is 0 Å². The van der Waals surface area contributed by atoms with Crippen LogP contribution in [0.1, 0.15) is 63.5 Å². The first-order valence-corrected chi connectivity index (χ1v) is 9.56. The van der Waals surface area contributed by atoms with E-state index in [1.54, 1.807) is 6.92 Å². The lowest BCUT2D eigenvalue weighted by atomic mass is 10.1. The second-order valence-electron chi connectivity index (χ2n) is 6.41. The Morgan fingerprint density at radius 2 is 2.04 bits per heavy atom. The summed E-state index contributed by atoms with van der Waals surface area (Å²) in [4.78, 5) is 37.1. The third-order valence-electron chi connectivity index (χ3n) is 4.65. The summed E-state index contributed by atoms with van der Waals surface area (Å²) in [6.07, 6.45) is 6.30. The number of thiophene rings is 1. The van der Waals surface area contributed by atoms with Crippen LogP contribution in [0.25, 0.3) is 0 Å². The molecule has 0 aromatic carbocycles. The van der Waals surface area contributed by atoms with Crippen molar-refractivity contribution < 1.29 is 24.2 Å². The molecule has 8 nitrogen and oxygen atoms in total. The van der Waals surface area contributed by atoms with Crippen LogP contribution < -0.4 is 5.32 Å². The Morgan fingerprint density at radius 3 is 2.70 bits per heavy atom. The first-order chi connectivity index (χ1) is 12.9. The number of aromatic nitrogens is 2. The highest BCUT2D eigenvalue weighted by Crippen LogP contribution is 2.38. The van der Waals surface area contributed by atoms with Crippen LogP contribution in [-0.4, -0.2) is 39.8 Å². The monoisotopic (exact) mass is 391 g/mol. The fourth-order valence-corrected chi connectivity index (χ4v) is 4.43. The molecule has 0 radical (unpaired) electrons. The molecule has 27 heavy (non-hydrogen) atoms. The molecule has 1 amide bonds. The molecule has 9 heteroatoms. The lowest BCUT2D eigenvalue weighted by molar-refractivity contribution is -0.119. The summed E-state index contributed by atoms with van der Waals surface area (Å²) in [5.41, 5.74) is 1.28. The van der Waals surface area contributed by atoms with Gasteiger partial charge in [-0.2, -0.15) is 5.10 Å². The van der Waals surface area contributed by atoms with E-state index in [4.69, 9.17) is 9.84 Å². The third kappa shape index (κ3) is 3.87. The molecule has 1 unspecified atom stereocenters. The molecule has 0 saturated carbocycles. The van der Waals surface area contributed by atoms with Crippen molar-refractivity contribution >= 4 is 34.2 Å². The second-order valence-corrected chi connectivity index (χ2v) is 7.52. The molecular weight excluding hydrogens is 370 g/mol. The van der Waals surface area contributed by atoms with E-state index in [0.29, 0.717) is 10.6 Å². The Bertz CT molecular complexity index is 886. The van der Waals surface area contributed by atoms with Crippen molar-refractivity contribution in [3.05, 3.63) is 34.0 Å². The average molecular weight is 391 g/mol. The van der Waals surface area contributed by atoms with Crippen LogP contribution in [0.5, 0.6) is 0 Å². The molecule has 0 bridgehead atoms. The molecule has 0 fully saturated rings. The molecule has 2 N–H and O–H groups in total. The number of anilines is 1. The predicted molar refractivity (Wildman–Crippen MR) is 99.4 cm³/mol. The van der Waals surface area contributed by atoms with E-state index < -0.39 is 18.0 Å². The maximum atomic E-state index is 12.7. The van der Waals surface area contributed by atoms with E-state index in [1.807, 2.05) is 0 Å². The number of hydrogen-bond acceptors (Lipinski definition) is 6. The summed E-state index contributed by atoms with van der Waals surface area (Å²) in [5, 5.41) is 16.2. The molecular formula is C18H21N3O5S. The van der Waals surface area contributed by atoms with E-state index in [-0.39, 0.29) is 11.6 Å². The molecule has 0 saturated heterocycles. The quantitative estimate of drug-likeness (QED) is 0.599. The van der Waals surface area contributed by atoms with E-state index in [2.05, 4.69) is 10.4 Å². The zero-order valence-electron chi connectivity index (χ0n) is 15.2. The number of amides is 1. The molecule has 0 aliphatic heterocycles. The molecule has 2 aromatic rings. The molecule has 1 aliphatic rings. The summed E-state index contributed by atoms with van der Waals surface area (Å²) in [7, 11) is 1.33. The minimum atomic E-state index is -1.16. The van der Waals surface area contributed by atoms with Gasteiger partial charge in [0, 0.05) is 11.1 Å². The van der Waals surface area contributed by atoms with Gasteiger partial charge in [-0.15, -0.1) is 11.3 Å². The number of carboxylic acid groups (broad SMARTS) is 1. The van der Waals surface area contributed by atoms with Crippen molar-refractivity contribution in [1.29, 1.82) is 0 Å². The summed E-state index contributed by atoms with van der Waals surface area (Å²) in [5.74, 6) is -1.99. The first-order valence-electron chi connectivity index (χ1n) is 8.74. The number of nitrogens with zero attached hydrogens (tertiary/aromatic N) is 2. The number of aromatic carboxylic acids is 1. The largest absolute Gasteiger partial charge is 0.476 e. The lowest BCUT2D eigenvalue weighted by Gasteiger charge is -2.13. The number of nitrogens with one attached hydrogen (secondary N) is 1. The number of aryl methyl sites for hydroxylation is 1. The SMILES string of the molecule is COC(=O)c1c(NC(=O)C(C)n2ccc(C(=O)O)n2)sc2c1CCCCC2. The standard InChI is InChI=1S/C18H21N3O5S/c1-10(21-9-8-12(20-21)17(23)24)15(22)19-16-14(18(25)26-2)11-6-4-3-5-7-13(11)27-16/h8-10H,3-7H2,1-2H3,(H,19,22)(H,23,24). The average Bonchev–Trinajstić information content (AvgIpc) is 3.20. The fraction of sp³-hybridized carbons (Fsp3) is 0.444. The molecule has 144 valence electrons. The van der Waals surface area contributed by atoms with Crippen LogP contribution in [0.3, 0.4) is 0 Å². The van der Waals surface area contributed by atoms with Crippen molar-refractivity contribution in [2.75, 3.05) is 12.4 Å². The van der Waals surface area contributed by atoms with Gasteiger partial charge in [0.1, 0.15) is 11.0 Å². The molecule has 1 aliphatic carbocycles. The minimum absolute atomic E-state index is 0.132. The van der Waals surface area contributed by atoms with Crippen LogP contribution in [0.4, 0.5) is 5.00 Å². The van der Waals surface area contributed by atoms with Crippen molar-refractivity contribution in [3.8, 4) is 0 Å². The molecule has 0 spiro atoms. The van der Waals surface area contributed by atoms with Gasteiger partial charge in [0.05, 0.1) is 12.7 Å². The van der Waals surface area contributed by atoms with Gasteiger partial charge >= 0.3 is 11.9 Å². The van der Waals surface area contributed by atoms with Crippen molar-refractivity contribution in [1.82, 2.24) is 9.78 Å². The fourth-order valence-electron chi connectivity index (χ4n) is 3.15. The first kappa shape index (κ1) is 19.1. The Kier molecular flexibility index (Phi) is 5.59. The number of carboxylic acids is 1. The van der Waals surface area contributed by atoms with Gasteiger partial charge in [-0.25, -0.2) is 9.59 Å². The van der Waals surface area contributed by atoms with Crippen LogP contribution in [0.15, 0.2) is 12.3 Å². The van der Waals surface area contributed by atoms with Gasteiger partial charge in [-0.3, -0.25) is 9.48 Å². The van der Waals surface area contributed by atoms with Crippen molar-refractivity contribution in [3.63, 3.8) is 0 Å². The molecule has 3 rings (SSSR count). The minimum Gasteiger partial charge on any atom is -0.476 e. The topological polar surface area (TPSA) is 111 Å². The maximum Gasteiger partial charge on any atom is 0.356 e. The Balaban J connectivity index is 1.86. The lowest BCUT2D eigenvalue weighted by Crippen LogP contribution is -2.25. The van der Waals surface area contributed by atoms with E-state index in [9.17, 15) is 14.4 Å². The number of methoxy groups -OCH3 is 1. The van der Waals surface area contributed by atoms with E-state index in [1.165, 1.54) is 35.4 Å². The van der Waals surface area contributed by atoms with Gasteiger partial charge < -0.3 is 15.2 Å². The number of ether oxygens (including phenoxy) is 1. The highest BCUT2D eigenvalue weighted by Gasteiger charge is 2.27. The zero-order valence-corrected chi connectivity index (χ0v) is 16.0. The van der Waals surface area contributed by atoms with E-state index in [0.717, 1.165) is 42.5 Å². The summed E-state index contributed by atoms with van der Waals surface area (Å²) in [6, 6.07) is 0.602. The van der Waals surface area contributed by atoms with Crippen LogP contribution in [-0.2, 0) is 22.4 Å². The molecule has 1 atom stereocenters. The molecule has 2 heterocycles. The van der Waals surface area contributed by atoms with Gasteiger partial charge in [-0.1, -0.05) is 6.42 Å². The predicted octanol–water partition coefficient (Wildman–Crippen LogP) is 2.90. The third-order valence-corrected chi connectivity index (χ3v) is 5.86. The number of rotatable bonds is 5. The van der Waals surface area contributed by atoms with Crippen molar-refractivity contribution in [2.45, 2.75) is 45.1 Å². The number of fused-ring (bicyclic) bond motifs is 1. The number of carbonyl (C=O) groups excluding carboxylic acids is 2. The Labute approximate surface area is 160 Å². The summed E-state index contributed by atoms with van der Waals surface area (Å²) >= 11 is 1.41. The van der Waals surface area contributed by atoms with Crippen LogP contribution in [0.2, 0.25) is 0 Å². The van der Waals surface area contributed by atoms with Crippen LogP contribution in [0, 0.1) is 0 Å². The normalized spacial score (nSPS) is 14.7. The Hall–Kier alpha value is -2.68. The smallest absolute Gasteiger partial charge is 0.356 e. The summed E-state index contributed by atoms with van der Waals surface area (Å²) < 4.78 is 6.22. The zero-order chi connectivity index (χ0) is 19.6. The second kappa shape index (κ2) is 7.91. The highest BCUT2D eigenvalue weighted by atomic mass is 32.1. The van der Waals surface area contributed by atoms with Gasteiger partial charge in [-0.05, 0) is 44.2 Å². The van der Waals surface area contributed by atoms with Gasteiger partial charge in [0.2, 0.25) is 5.91 Å². The number of hydrogen-bond donors (Lipinski definition) is 2. The van der Waals surface area contributed by atoms with Crippen LogP contribution >= 0.6 is 11.3 Å². The number of esters is 1. The maximum absolute atomic E-state index is 12.7. The van der Waals surface area contributed by atoms with Gasteiger partial charge in [0.15, 0.2) is 5.69 Å². The Morgan fingerprint density at radius 1 is 1.30 bits per heavy atom. The van der Waals surface area contributed by atoms with Crippen molar-refractivity contribution in [2.24, 2.45) is 0 Å². The number of carbonyl (C=O) groups is 3. The molecule has 2 aromatic heterocycles. The summed E-state index contributed by atoms with van der Waals surface area (Å²) in [6.45, 7) is 1.62. The highest BCUT2D eigenvalue weighted by molar-refractivity contribution is 7.17.